The maximum Gasteiger partial charge on any atom is 0.306 e. The fourth-order valence-electron chi connectivity index (χ4n) is 10.8. The Labute approximate surface area is 581 Å². The first-order valence-corrected chi connectivity index (χ1v) is 40.4. The van der Waals surface area contributed by atoms with E-state index >= 15 is 0 Å². The predicted molar refractivity (Wildman–Crippen MR) is 406 cm³/mol. The summed E-state index contributed by atoms with van der Waals surface area (Å²) in [5, 5.41) is 0. The number of esters is 2. The van der Waals surface area contributed by atoms with Crippen LogP contribution in [0.15, 0.2) is 134 Å². The Morgan fingerprint density at radius 1 is 0.330 bits per heavy atom. The molecule has 94 heavy (non-hydrogen) atoms. The van der Waals surface area contributed by atoms with Gasteiger partial charge < -0.3 is 27.9 Å². The Balaban J connectivity index is 3.97. The molecule has 0 aromatic rings. The molecule has 0 N–H and O–H groups in total. The second kappa shape index (κ2) is 73.4. The second-order valence-corrected chi connectivity index (χ2v) is 28.4. The molecule has 0 rings (SSSR count). The first-order chi connectivity index (χ1) is 46.0. The number of likely N-dealkylation sites (N-methyl/N-ethyl adjacent to an activating group) is 1. The molecule has 0 aromatic carbocycles. The Kier molecular flexibility index (Phi) is 70.4. The average Bonchev–Trinajstić information content (AvgIpc) is 1.66. The number of carbonyl (C=O) groups is 2. The SMILES string of the molecule is CC/C=C\C/C=C\C/C=C\C/C=C\C/C=C\C/C=C\C/C=C\CCCCCCCCCCCC(=O)OC(COC(=O)CCCCCCCCCCCCCCCCCCCCCCCCCCCC/C=C\C/C=C\C/C=C\C/C=C\CC)COP(=O)([O-])OCC[N+](C)(C)C. The number of rotatable bonds is 71. The van der Waals surface area contributed by atoms with Crippen LogP contribution in [0.4, 0.5) is 0 Å². The van der Waals surface area contributed by atoms with E-state index in [1.54, 1.807) is 0 Å². The van der Waals surface area contributed by atoms with Crippen LogP contribution in [0.3, 0.4) is 0 Å². The van der Waals surface area contributed by atoms with Crippen molar-refractivity contribution in [3.63, 3.8) is 0 Å². The van der Waals surface area contributed by atoms with Gasteiger partial charge >= 0.3 is 11.9 Å². The van der Waals surface area contributed by atoms with Crippen molar-refractivity contribution in [2.45, 2.75) is 341 Å². The summed E-state index contributed by atoms with van der Waals surface area (Å²) in [6, 6.07) is 0. The smallest absolute Gasteiger partial charge is 0.306 e. The minimum absolute atomic E-state index is 0.0360. The van der Waals surface area contributed by atoms with Gasteiger partial charge in [-0.1, -0.05) is 347 Å². The van der Waals surface area contributed by atoms with Crippen LogP contribution in [0.25, 0.3) is 0 Å². The normalized spacial score (nSPS) is 13.8. The summed E-state index contributed by atoms with van der Waals surface area (Å²) in [5.41, 5.74) is 0. The lowest BCUT2D eigenvalue weighted by molar-refractivity contribution is -0.870. The van der Waals surface area contributed by atoms with Crippen LogP contribution in [0.2, 0.25) is 0 Å². The van der Waals surface area contributed by atoms with Gasteiger partial charge in [-0.2, -0.15) is 0 Å². The van der Waals surface area contributed by atoms with E-state index in [2.05, 4.69) is 148 Å². The molecule has 0 saturated heterocycles. The first-order valence-electron chi connectivity index (χ1n) is 38.9. The molecule has 540 valence electrons. The molecular weight excluding hydrogens is 1180 g/mol. The molecule has 0 bridgehead atoms. The molecular formula is C84H146NO8P. The molecule has 2 unspecified atom stereocenters. The summed E-state index contributed by atoms with van der Waals surface area (Å²) in [5.74, 6) is -0.833. The van der Waals surface area contributed by atoms with E-state index in [1.807, 2.05) is 21.1 Å². The number of ether oxygens (including phenoxy) is 2. The molecule has 10 heteroatoms. The number of hydrogen-bond acceptors (Lipinski definition) is 8. The maximum absolute atomic E-state index is 12.9. The van der Waals surface area contributed by atoms with Crippen molar-refractivity contribution in [1.29, 1.82) is 0 Å². The van der Waals surface area contributed by atoms with Gasteiger partial charge in [-0.15, -0.1) is 0 Å². The number of phosphoric acid groups is 1. The van der Waals surface area contributed by atoms with Gasteiger partial charge in [0.25, 0.3) is 7.82 Å². The van der Waals surface area contributed by atoms with Crippen molar-refractivity contribution < 1.29 is 42.1 Å². The summed E-state index contributed by atoms with van der Waals surface area (Å²) >= 11 is 0. The standard InChI is InChI=1S/C84H146NO8P/c1-6-8-10-12-14-16-18-20-22-24-26-28-30-32-34-36-38-39-40-41-42-43-44-45-47-48-50-52-54-56-58-60-62-64-66-68-70-72-74-76-83(86)90-80-82(81-92-94(88,89)91-79-78-85(3,4)5)93-84(87)77-75-73-71-69-67-65-63-61-59-57-55-53-51-49-46-37-35-33-31-29-27-25-23-21-19-17-15-13-11-9-7-2/h8-11,14-17,20-23,26-29,33,35,46,49,53,55,82H,6-7,12-13,18-19,24-25,30-32,34,36-45,47-48,50-52,54,56-81H2,1-5H3/b10-8-,11-9-,16-14-,17-15-,22-20-,23-21-,28-26-,29-27-,35-33-,49-46-,55-53-. The first kappa shape index (κ1) is 90.2. The number of carbonyl (C=O) groups excluding carboxylic acids is 2. The zero-order valence-electron chi connectivity index (χ0n) is 61.6. The number of phosphoric ester groups is 1. The molecule has 0 aromatic heterocycles. The highest BCUT2D eigenvalue weighted by Gasteiger charge is 2.22. The summed E-state index contributed by atoms with van der Waals surface area (Å²) < 4.78 is 34.4. The third-order valence-electron chi connectivity index (χ3n) is 16.7. The van der Waals surface area contributed by atoms with E-state index in [0.29, 0.717) is 17.4 Å². The number of nitrogens with zero attached hydrogens (tertiary/aromatic N) is 1. The lowest BCUT2D eigenvalue weighted by Gasteiger charge is -2.28. The molecule has 0 heterocycles. The molecule has 0 radical (unpaired) electrons. The molecule has 0 fully saturated rings. The highest BCUT2D eigenvalue weighted by molar-refractivity contribution is 7.45. The van der Waals surface area contributed by atoms with Crippen LogP contribution < -0.4 is 4.89 Å². The molecule has 0 aliphatic carbocycles. The molecule has 0 aliphatic rings. The van der Waals surface area contributed by atoms with Crippen molar-refractivity contribution in [3.05, 3.63) is 134 Å². The van der Waals surface area contributed by atoms with Gasteiger partial charge in [0.05, 0.1) is 27.7 Å². The van der Waals surface area contributed by atoms with Crippen molar-refractivity contribution in [3.8, 4) is 0 Å². The van der Waals surface area contributed by atoms with Crippen molar-refractivity contribution in [1.82, 2.24) is 0 Å². The van der Waals surface area contributed by atoms with Gasteiger partial charge in [0.15, 0.2) is 6.10 Å². The van der Waals surface area contributed by atoms with Gasteiger partial charge in [0.1, 0.15) is 19.8 Å². The monoisotopic (exact) mass is 1330 g/mol. The highest BCUT2D eigenvalue weighted by Crippen LogP contribution is 2.38. The molecule has 0 spiro atoms. The quantitative estimate of drug-likeness (QED) is 0.0195. The van der Waals surface area contributed by atoms with Crippen LogP contribution in [-0.4, -0.2) is 70.0 Å². The van der Waals surface area contributed by atoms with Crippen LogP contribution >= 0.6 is 7.82 Å². The zero-order valence-corrected chi connectivity index (χ0v) is 62.5. The number of hydrogen-bond donors (Lipinski definition) is 0. The van der Waals surface area contributed by atoms with Gasteiger partial charge in [0.2, 0.25) is 0 Å². The molecule has 0 saturated carbocycles. The molecule has 9 nitrogen and oxygen atoms in total. The lowest BCUT2D eigenvalue weighted by atomic mass is 10.0. The van der Waals surface area contributed by atoms with Gasteiger partial charge in [-0.05, 0) is 109 Å². The minimum Gasteiger partial charge on any atom is -0.756 e. The Hall–Kier alpha value is -3.85. The van der Waals surface area contributed by atoms with Crippen molar-refractivity contribution >= 4 is 19.8 Å². The highest BCUT2D eigenvalue weighted by atomic mass is 31.2. The molecule has 2 atom stereocenters. The Morgan fingerprint density at radius 3 is 0.851 bits per heavy atom. The van der Waals surface area contributed by atoms with E-state index in [9.17, 15) is 19.0 Å². The van der Waals surface area contributed by atoms with Gasteiger partial charge in [0, 0.05) is 12.8 Å². The zero-order chi connectivity index (χ0) is 68.3. The van der Waals surface area contributed by atoms with E-state index in [0.717, 1.165) is 116 Å². The fourth-order valence-corrected chi connectivity index (χ4v) is 11.5. The summed E-state index contributed by atoms with van der Waals surface area (Å²) in [4.78, 5) is 38.2. The predicted octanol–water partition coefficient (Wildman–Crippen LogP) is 25.3. The third kappa shape index (κ3) is 77.2. The van der Waals surface area contributed by atoms with Gasteiger partial charge in [-0.3, -0.25) is 14.2 Å². The number of allylic oxidation sites excluding steroid dienone is 22. The van der Waals surface area contributed by atoms with Gasteiger partial charge in [-0.25, -0.2) is 0 Å². The van der Waals surface area contributed by atoms with Crippen LogP contribution in [0.5, 0.6) is 0 Å². The molecule has 0 aliphatic heterocycles. The van der Waals surface area contributed by atoms with E-state index in [-0.39, 0.29) is 32.0 Å². The third-order valence-corrected chi connectivity index (χ3v) is 17.6. The summed E-state index contributed by atoms with van der Waals surface area (Å²) in [6.07, 6.45) is 107. The second-order valence-electron chi connectivity index (χ2n) is 27.0. The number of quaternary nitrogens is 1. The van der Waals surface area contributed by atoms with Crippen molar-refractivity contribution in [2.24, 2.45) is 0 Å². The number of unbranched alkanes of at least 4 members (excludes halogenated alkanes) is 35. The van der Waals surface area contributed by atoms with E-state index in [4.69, 9.17) is 18.5 Å². The largest absolute Gasteiger partial charge is 0.756 e. The summed E-state index contributed by atoms with van der Waals surface area (Å²) in [6.45, 7) is 4.03. The van der Waals surface area contributed by atoms with E-state index < -0.39 is 26.5 Å². The lowest BCUT2D eigenvalue weighted by Crippen LogP contribution is -2.37. The van der Waals surface area contributed by atoms with Crippen LogP contribution in [0, 0.1) is 0 Å². The maximum atomic E-state index is 12.9. The van der Waals surface area contributed by atoms with Crippen molar-refractivity contribution in [2.75, 3.05) is 47.5 Å². The Bertz CT molecular complexity index is 2050. The minimum atomic E-state index is -4.65. The van der Waals surface area contributed by atoms with E-state index in [1.165, 1.54) is 186 Å². The molecule has 0 amide bonds. The Morgan fingerprint density at radius 2 is 0.574 bits per heavy atom. The topological polar surface area (TPSA) is 111 Å². The van der Waals surface area contributed by atoms with Crippen LogP contribution in [-0.2, 0) is 32.7 Å². The fraction of sp³-hybridized carbons (Fsp3) is 0.714. The summed E-state index contributed by atoms with van der Waals surface area (Å²) in [7, 11) is 1.16. The van der Waals surface area contributed by atoms with Crippen LogP contribution in [0.1, 0.15) is 335 Å². The average molecular weight is 1330 g/mol.